The van der Waals surface area contributed by atoms with Gasteiger partial charge in [-0.25, -0.2) is 4.39 Å². The predicted octanol–water partition coefficient (Wildman–Crippen LogP) is 3.21. The van der Waals surface area contributed by atoms with Crippen LogP contribution in [0.25, 0.3) is 0 Å². The Morgan fingerprint density at radius 3 is 2.71 bits per heavy atom. The molecule has 0 radical (unpaired) electrons. The van der Waals surface area contributed by atoms with Gasteiger partial charge in [0.25, 0.3) is 0 Å². The molecule has 0 unspecified atom stereocenters. The quantitative estimate of drug-likeness (QED) is 0.658. The summed E-state index contributed by atoms with van der Waals surface area (Å²) in [6.07, 6.45) is 0. The first-order chi connectivity index (χ1) is 7.97. The lowest BCUT2D eigenvalue weighted by atomic mass is 10.3. The van der Waals surface area contributed by atoms with Crippen molar-refractivity contribution >= 4 is 40.0 Å². The van der Waals surface area contributed by atoms with E-state index in [1.165, 1.54) is 17.8 Å². The highest BCUT2D eigenvalue weighted by Gasteiger charge is 2.10. The molecular formula is C11H11FIN3S. The smallest absolute Gasteiger partial charge is 0.137 e. The number of nitrogens with zero attached hydrogens (tertiary/aromatic N) is 2. The fraction of sp³-hybridized carbons (Fsp3) is 0.182. The van der Waals surface area contributed by atoms with Crippen molar-refractivity contribution in [3.63, 3.8) is 0 Å². The van der Waals surface area contributed by atoms with E-state index in [9.17, 15) is 4.39 Å². The number of nitrogen functional groups attached to an aromatic ring is 1. The van der Waals surface area contributed by atoms with E-state index in [2.05, 4.69) is 5.10 Å². The van der Waals surface area contributed by atoms with Crippen molar-refractivity contribution in [2.75, 3.05) is 5.73 Å². The molecule has 1 aromatic carbocycles. The number of benzene rings is 1. The number of anilines is 1. The Hall–Kier alpha value is -0.760. The molecule has 0 aliphatic heterocycles. The number of nitrogens with two attached hydrogens (primary N) is 1. The fourth-order valence-corrected chi connectivity index (χ4v) is 2.89. The molecule has 0 saturated carbocycles. The SMILES string of the molecule is Cc1cc(Sc2cc(F)c(I)cc2N)n(C)n1. The van der Waals surface area contributed by atoms with Gasteiger partial charge in [-0.2, -0.15) is 5.10 Å². The van der Waals surface area contributed by atoms with Crippen molar-refractivity contribution in [2.24, 2.45) is 7.05 Å². The third-order valence-corrected chi connectivity index (χ3v) is 4.22. The molecule has 90 valence electrons. The summed E-state index contributed by atoms with van der Waals surface area (Å²) in [5, 5.41) is 5.18. The highest BCUT2D eigenvalue weighted by Crippen LogP contribution is 2.34. The first-order valence-electron chi connectivity index (χ1n) is 4.90. The zero-order valence-corrected chi connectivity index (χ0v) is 12.3. The van der Waals surface area contributed by atoms with Crippen LogP contribution in [0.15, 0.2) is 28.1 Å². The van der Waals surface area contributed by atoms with Crippen molar-refractivity contribution in [3.05, 3.63) is 33.3 Å². The van der Waals surface area contributed by atoms with E-state index >= 15 is 0 Å². The summed E-state index contributed by atoms with van der Waals surface area (Å²) in [5.41, 5.74) is 7.39. The van der Waals surface area contributed by atoms with Crippen LogP contribution in [0, 0.1) is 16.3 Å². The maximum atomic E-state index is 13.5. The number of hydrogen-bond acceptors (Lipinski definition) is 3. The van der Waals surface area contributed by atoms with Gasteiger partial charge in [0.15, 0.2) is 0 Å². The number of aromatic nitrogens is 2. The Morgan fingerprint density at radius 2 is 2.12 bits per heavy atom. The van der Waals surface area contributed by atoms with E-state index in [1.807, 2.05) is 42.6 Å². The molecular weight excluding hydrogens is 352 g/mol. The summed E-state index contributed by atoms with van der Waals surface area (Å²) in [7, 11) is 1.86. The minimum Gasteiger partial charge on any atom is -0.398 e. The molecule has 6 heteroatoms. The summed E-state index contributed by atoms with van der Waals surface area (Å²) in [5.74, 6) is -0.249. The molecule has 3 nitrogen and oxygen atoms in total. The van der Waals surface area contributed by atoms with Gasteiger partial charge in [0.05, 0.1) is 14.3 Å². The Labute approximate surface area is 117 Å². The Kier molecular flexibility index (Phi) is 3.62. The Morgan fingerprint density at radius 1 is 1.41 bits per heavy atom. The number of rotatable bonds is 2. The first kappa shape index (κ1) is 12.7. The molecule has 0 bridgehead atoms. The lowest BCUT2D eigenvalue weighted by Crippen LogP contribution is -1.95. The summed E-state index contributed by atoms with van der Waals surface area (Å²) >= 11 is 3.34. The molecule has 1 heterocycles. The number of aryl methyl sites for hydroxylation is 2. The van der Waals surface area contributed by atoms with Crippen molar-refractivity contribution in [1.82, 2.24) is 9.78 Å². The van der Waals surface area contributed by atoms with Crippen LogP contribution in [0.2, 0.25) is 0 Å². The minimum atomic E-state index is -0.249. The van der Waals surface area contributed by atoms with Gasteiger partial charge < -0.3 is 5.73 Å². The maximum Gasteiger partial charge on any atom is 0.137 e. The third-order valence-electron chi connectivity index (χ3n) is 2.23. The summed E-state index contributed by atoms with van der Waals surface area (Å²) < 4.78 is 15.8. The molecule has 2 rings (SSSR count). The molecule has 1 aromatic heterocycles. The molecule has 0 atom stereocenters. The summed E-state index contributed by atoms with van der Waals surface area (Å²) in [6.45, 7) is 1.92. The van der Waals surface area contributed by atoms with Gasteiger partial charge >= 0.3 is 0 Å². The second kappa shape index (κ2) is 4.85. The largest absolute Gasteiger partial charge is 0.398 e. The topological polar surface area (TPSA) is 43.8 Å². The van der Waals surface area contributed by atoms with Gasteiger partial charge in [-0.15, -0.1) is 0 Å². The van der Waals surface area contributed by atoms with Gasteiger partial charge in [-0.3, -0.25) is 4.68 Å². The van der Waals surface area contributed by atoms with Gasteiger partial charge in [0.2, 0.25) is 0 Å². The van der Waals surface area contributed by atoms with Crippen molar-refractivity contribution < 1.29 is 4.39 Å². The van der Waals surface area contributed by atoms with E-state index in [1.54, 1.807) is 10.7 Å². The number of halogens is 2. The lowest BCUT2D eigenvalue weighted by Gasteiger charge is -2.06. The second-order valence-electron chi connectivity index (χ2n) is 3.65. The highest BCUT2D eigenvalue weighted by molar-refractivity contribution is 14.1. The molecule has 17 heavy (non-hydrogen) atoms. The first-order valence-corrected chi connectivity index (χ1v) is 6.80. The monoisotopic (exact) mass is 363 g/mol. The third kappa shape index (κ3) is 2.74. The molecule has 0 saturated heterocycles. The Balaban J connectivity index is 2.36. The maximum absolute atomic E-state index is 13.5. The van der Waals surface area contributed by atoms with Crippen molar-refractivity contribution in [2.45, 2.75) is 16.8 Å². The van der Waals surface area contributed by atoms with Crippen LogP contribution in [0.1, 0.15) is 5.69 Å². The van der Waals surface area contributed by atoms with Gasteiger partial charge in [-0.1, -0.05) is 11.8 Å². The minimum absolute atomic E-state index is 0.249. The predicted molar refractivity (Wildman–Crippen MR) is 75.6 cm³/mol. The van der Waals surface area contributed by atoms with Crippen LogP contribution in [-0.2, 0) is 7.05 Å². The van der Waals surface area contributed by atoms with E-state index in [0.29, 0.717) is 14.2 Å². The van der Waals surface area contributed by atoms with Gasteiger partial charge in [-0.05, 0) is 47.7 Å². The lowest BCUT2D eigenvalue weighted by molar-refractivity contribution is 0.617. The standard InChI is InChI=1S/C11H11FIN3S/c1-6-3-11(16(2)15-6)17-10-4-7(12)8(13)5-9(10)14/h3-5H,14H2,1-2H3. The zero-order chi connectivity index (χ0) is 12.6. The fourth-order valence-electron chi connectivity index (χ4n) is 1.43. The zero-order valence-electron chi connectivity index (χ0n) is 9.37. The molecule has 0 spiro atoms. The molecule has 2 aromatic rings. The van der Waals surface area contributed by atoms with E-state index in [-0.39, 0.29) is 5.82 Å². The van der Waals surface area contributed by atoms with E-state index < -0.39 is 0 Å². The average molecular weight is 363 g/mol. The van der Waals surface area contributed by atoms with E-state index in [0.717, 1.165) is 10.7 Å². The average Bonchev–Trinajstić information content (AvgIpc) is 2.54. The molecule has 0 fully saturated rings. The summed E-state index contributed by atoms with van der Waals surface area (Å²) in [6, 6.07) is 5.05. The van der Waals surface area contributed by atoms with Crippen molar-refractivity contribution in [1.29, 1.82) is 0 Å². The van der Waals surface area contributed by atoms with Crippen LogP contribution in [-0.4, -0.2) is 9.78 Å². The van der Waals surface area contributed by atoms with Crippen LogP contribution in [0.4, 0.5) is 10.1 Å². The van der Waals surface area contributed by atoms with E-state index in [4.69, 9.17) is 5.73 Å². The Bertz CT molecular complexity index is 568. The summed E-state index contributed by atoms with van der Waals surface area (Å²) in [4.78, 5) is 0.714. The van der Waals surface area contributed by atoms with Crippen LogP contribution < -0.4 is 5.73 Å². The highest BCUT2D eigenvalue weighted by atomic mass is 127. The van der Waals surface area contributed by atoms with Crippen molar-refractivity contribution in [3.8, 4) is 0 Å². The normalized spacial score (nSPS) is 10.8. The molecule has 0 aliphatic rings. The molecule has 0 amide bonds. The van der Waals surface area contributed by atoms with Crippen LogP contribution in [0.3, 0.4) is 0 Å². The van der Waals surface area contributed by atoms with Gasteiger partial charge in [0.1, 0.15) is 5.82 Å². The molecule has 0 aliphatic carbocycles. The van der Waals surface area contributed by atoms with Crippen LogP contribution in [0.5, 0.6) is 0 Å². The second-order valence-corrected chi connectivity index (χ2v) is 5.88. The van der Waals surface area contributed by atoms with Gasteiger partial charge in [0, 0.05) is 17.6 Å². The van der Waals surface area contributed by atoms with Crippen LogP contribution >= 0.6 is 34.4 Å². The number of hydrogen-bond donors (Lipinski definition) is 1. The molecule has 2 N–H and O–H groups in total.